The van der Waals surface area contributed by atoms with Crippen molar-refractivity contribution in [3.8, 4) is 11.3 Å². The largest absolute Gasteiger partial charge is 0.352 e. The number of rotatable bonds is 11. The lowest BCUT2D eigenvalue weighted by molar-refractivity contribution is 0.0952. The van der Waals surface area contributed by atoms with Gasteiger partial charge in [0.2, 0.25) is 0 Å². The maximum atomic E-state index is 12.6. The lowest BCUT2D eigenvalue weighted by Crippen LogP contribution is -2.27. The predicted molar refractivity (Wildman–Crippen MR) is 131 cm³/mol. The first kappa shape index (κ1) is 23.4. The third-order valence-electron chi connectivity index (χ3n) is 5.39. The molecule has 2 N–H and O–H groups in total. The zero-order valence-electron chi connectivity index (χ0n) is 19.3. The average molecular weight is 432 g/mol. The Kier molecular flexibility index (Phi) is 8.75. The smallest absolute Gasteiger partial charge is 0.251 e. The van der Waals surface area contributed by atoms with Crippen LogP contribution in [-0.4, -0.2) is 47.0 Å². The van der Waals surface area contributed by atoms with E-state index in [1.54, 1.807) is 0 Å². The third-order valence-corrected chi connectivity index (χ3v) is 5.39. The van der Waals surface area contributed by atoms with Crippen molar-refractivity contribution in [3.63, 3.8) is 0 Å². The van der Waals surface area contributed by atoms with Gasteiger partial charge in [-0.15, -0.1) is 0 Å². The number of aryl methyl sites for hydroxylation is 1. The average Bonchev–Trinajstić information content (AvgIpc) is 2.81. The molecular weight excluding hydrogens is 398 g/mol. The van der Waals surface area contributed by atoms with Gasteiger partial charge in [-0.05, 0) is 57.6 Å². The van der Waals surface area contributed by atoms with Crippen LogP contribution < -0.4 is 10.6 Å². The summed E-state index contributed by atoms with van der Waals surface area (Å²) in [5.41, 5.74) is 3.35. The molecule has 0 unspecified atom stereocenters. The molecule has 3 aromatic rings. The van der Waals surface area contributed by atoms with Crippen LogP contribution in [0.4, 0.5) is 11.5 Å². The zero-order valence-corrected chi connectivity index (χ0v) is 19.3. The maximum absolute atomic E-state index is 12.6. The van der Waals surface area contributed by atoms with Crippen LogP contribution in [0.1, 0.15) is 42.9 Å². The summed E-state index contributed by atoms with van der Waals surface area (Å²) in [6.07, 6.45) is 2.06. The van der Waals surface area contributed by atoms with Gasteiger partial charge in [-0.3, -0.25) is 4.79 Å². The molecule has 0 radical (unpaired) electrons. The van der Waals surface area contributed by atoms with Gasteiger partial charge in [-0.2, -0.15) is 0 Å². The molecule has 0 bridgehead atoms. The lowest BCUT2D eigenvalue weighted by atomic mass is 10.1. The van der Waals surface area contributed by atoms with Crippen molar-refractivity contribution < 1.29 is 4.79 Å². The van der Waals surface area contributed by atoms with Crippen LogP contribution in [0, 0.1) is 6.92 Å². The van der Waals surface area contributed by atoms with E-state index in [2.05, 4.69) is 39.3 Å². The molecule has 0 atom stereocenters. The van der Waals surface area contributed by atoms with E-state index in [9.17, 15) is 4.79 Å². The molecule has 6 nitrogen and oxygen atoms in total. The van der Waals surface area contributed by atoms with Gasteiger partial charge >= 0.3 is 0 Å². The minimum atomic E-state index is -0.0552. The van der Waals surface area contributed by atoms with Crippen LogP contribution in [0.15, 0.2) is 60.7 Å². The SMILES string of the molecule is CCN(CC)CCCCNC(=O)c1cccc(Nc2cc(-c3ccccc3)nc(C)n2)c1. The Labute approximate surface area is 191 Å². The highest BCUT2D eigenvalue weighted by molar-refractivity contribution is 5.95. The van der Waals surface area contributed by atoms with Crippen molar-refractivity contribution in [2.75, 3.05) is 31.5 Å². The highest BCUT2D eigenvalue weighted by atomic mass is 16.1. The number of nitrogens with one attached hydrogen (secondary N) is 2. The molecule has 0 aliphatic carbocycles. The Balaban J connectivity index is 1.59. The summed E-state index contributed by atoms with van der Waals surface area (Å²) in [6, 6.07) is 19.4. The first-order valence-corrected chi connectivity index (χ1v) is 11.4. The Morgan fingerprint density at radius 2 is 1.72 bits per heavy atom. The molecule has 6 heteroatoms. The number of anilines is 2. The number of unbranched alkanes of at least 4 members (excludes halogenated alkanes) is 1. The second-order valence-corrected chi connectivity index (χ2v) is 7.75. The van der Waals surface area contributed by atoms with Gasteiger partial charge in [0, 0.05) is 29.4 Å². The van der Waals surface area contributed by atoms with Crippen LogP contribution >= 0.6 is 0 Å². The number of amides is 1. The predicted octanol–water partition coefficient (Wildman–Crippen LogP) is 5.05. The third kappa shape index (κ3) is 6.89. The number of benzene rings is 2. The molecule has 2 aromatic carbocycles. The Hall–Kier alpha value is -3.25. The van der Waals surface area contributed by atoms with Crippen LogP contribution in [0.2, 0.25) is 0 Å². The molecule has 3 rings (SSSR count). The van der Waals surface area contributed by atoms with Crippen molar-refractivity contribution in [1.82, 2.24) is 20.2 Å². The molecule has 168 valence electrons. The van der Waals surface area contributed by atoms with E-state index in [-0.39, 0.29) is 5.91 Å². The van der Waals surface area contributed by atoms with E-state index in [0.717, 1.165) is 49.4 Å². The van der Waals surface area contributed by atoms with E-state index < -0.39 is 0 Å². The molecule has 0 aliphatic heterocycles. The summed E-state index contributed by atoms with van der Waals surface area (Å²) in [7, 11) is 0. The maximum Gasteiger partial charge on any atom is 0.251 e. The van der Waals surface area contributed by atoms with Gasteiger partial charge in [0.15, 0.2) is 0 Å². The monoisotopic (exact) mass is 431 g/mol. The van der Waals surface area contributed by atoms with E-state index in [1.165, 1.54) is 0 Å². The summed E-state index contributed by atoms with van der Waals surface area (Å²) in [6.45, 7) is 10.1. The molecule has 1 aromatic heterocycles. The van der Waals surface area contributed by atoms with Crippen LogP contribution in [-0.2, 0) is 0 Å². The number of hydrogen-bond donors (Lipinski definition) is 2. The lowest BCUT2D eigenvalue weighted by Gasteiger charge is -2.17. The minimum Gasteiger partial charge on any atom is -0.352 e. The molecule has 32 heavy (non-hydrogen) atoms. The number of carbonyl (C=O) groups is 1. The van der Waals surface area contributed by atoms with Crippen molar-refractivity contribution in [2.45, 2.75) is 33.6 Å². The second-order valence-electron chi connectivity index (χ2n) is 7.75. The Morgan fingerprint density at radius 1 is 0.938 bits per heavy atom. The fourth-order valence-electron chi connectivity index (χ4n) is 3.58. The highest BCUT2D eigenvalue weighted by Crippen LogP contribution is 2.22. The van der Waals surface area contributed by atoms with Gasteiger partial charge < -0.3 is 15.5 Å². The summed E-state index contributed by atoms with van der Waals surface area (Å²) in [5.74, 6) is 1.33. The van der Waals surface area contributed by atoms with Crippen molar-refractivity contribution >= 4 is 17.4 Å². The topological polar surface area (TPSA) is 70.2 Å². The molecule has 0 fully saturated rings. The fourth-order valence-corrected chi connectivity index (χ4v) is 3.58. The Morgan fingerprint density at radius 3 is 2.47 bits per heavy atom. The second kappa shape index (κ2) is 12.0. The Bertz CT molecular complexity index is 1000. The molecule has 1 heterocycles. The summed E-state index contributed by atoms with van der Waals surface area (Å²) >= 11 is 0. The fraction of sp³-hybridized carbons (Fsp3) is 0.346. The van der Waals surface area contributed by atoms with Gasteiger partial charge in [-0.25, -0.2) is 9.97 Å². The van der Waals surface area contributed by atoms with E-state index in [4.69, 9.17) is 0 Å². The number of hydrogen-bond acceptors (Lipinski definition) is 5. The van der Waals surface area contributed by atoms with Gasteiger partial charge in [0.25, 0.3) is 5.91 Å². The van der Waals surface area contributed by atoms with Crippen molar-refractivity contribution in [2.24, 2.45) is 0 Å². The normalized spacial score (nSPS) is 10.9. The molecule has 0 saturated carbocycles. The van der Waals surface area contributed by atoms with Crippen LogP contribution in [0.3, 0.4) is 0 Å². The minimum absolute atomic E-state index is 0.0552. The highest BCUT2D eigenvalue weighted by Gasteiger charge is 2.08. The summed E-state index contributed by atoms with van der Waals surface area (Å²) < 4.78 is 0. The summed E-state index contributed by atoms with van der Waals surface area (Å²) in [4.78, 5) is 24.0. The standard InChI is InChI=1S/C26H33N5O/c1-4-31(5-2)17-10-9-16-27-26(32)22-14-11-15-23(18-22)30-25-19-24(28-20(3)29-25)21-12-7-6-8-13-21/h6-8,11-15,18-19H,4-5,9-10,16-17H2,1-3H3,(H,27,32)(H,28,29,30). The van der Waals surface area contributed by atoms with E-state index in [0.29, 0.717) is 23.8 Å². The molecule has 0 aliphatic rings. The van der Waals surface area contributed by atoms with E-state index >= 15 is 0 Å². The number of aromatic nitrogens is 2. The van der Waals surface area contributed by atoms with Gasteiger partial charge in [0.1, 0.15) is 11.6 Å². The molecule has 0 saturated heterocycles. The molecule has 0 spiro atoms. The van der Waals surface area contributed by atoms with Crippen LogP contribution in [0.25, 0.3) is 11.3 Å². The first-order chi connectivity index (χ1) is 15.6. The quantitative estimate of drug-likeness (QED) is 0.416. The number of nitrogens with zero attached hydrogens (tertiary/aromatic N) is 3. The van der Waals surface area contributed by atoms with Crippen LogP contribution in [0.5, 0.6) is 0 Å². The van der Waals surface area contributed by atoms with Crippen molar-refractivity contribution in [3.05, 3.63) is 72.1 Å². The molecule has 1 amide bonds. The summed E-state index contributed by atoms with van der Waals surface area (Å²) in [5, 5.41) is 6.34. The van der Waals surface area contributed by atoms with Gasteiger partial charge in [-0.1, -0.05) is 50.2 Å². The van der Waals surface area contributed by atoms with E-state index in [1.807, 2.05) is 67.6 Å². The number of carbonyl (C=O) groups excluding carboxylic acids is 1. The van der Waals surface area contributed by atoms with Crippen molar-refractivity contribution in [1.29, 1.82) is 0 Å². The molecular formula is C26H33N5O. The zero-order chi connectivity index (χ0) is 22.8. The van der Waals surface area contributed by atoms with Gasteiger partial charge in [0.05, 0.1) is 5.69 Å². The first-order valence-electron chi connectivity index (χ1n) is 11.4.